The Balaban J connectivity index is 2.53. The molecule has 0 aliphatic carbocycles. The molecular formula is C13H21NO. The Labute approximate surface area is 92.4 Å². The minimum absolute atomic E-state index is 0.435. The Hall–Kier alpha value is -1.02. The first kappa shape index (κ1) is 12.1. The summed E-state index contributed by atoms with van der Waals surface area (Å²) in [6.45, 7) is 7.81. The van der Waals surface area contributed by atoms with Crippen molar-refractivity contribution in [2.45, 2.75) is 20.8 Å². The van der Waals surface area contributed by atoms with E-state index in [0.29, 0.717) is 25.0 Å². The van der Waals surface area contributed by atoms with Crippen molar-refractivity contribution >= 4 is 0 Å². The molecule has 0 aliphatic rings. The van der Waals surface area contributed by atoms with Gasteiger partial charge in [0.05, 0.1) is 6.61 Å². The molecule has 1 aromatic rings. The van der Waals surface area contributed by atoms with E-state index in [4.69, 9.17) is 10.5 Å². The van der Waals surface area contributed by atoms with Gasteiger partial charge in [-0.25, -0.2) is 0 Å². The molecule has 1 rings (SSSR count). The molecule has 0 radical (unpaired) electrons. The number of ether oxygens (including phenoxy) is 1. The third-order valence-corrected chi connectivity index (χ3v) is 2.79. The maximum atomic E-state index is 5.77. The van der Waals surface area contributed by atoms with Crippen LogP contribution in [0.15, 0.2) is 24.3 Å². The van der Waals surface area contributed by atoms with E-state index in [1.807, 2.05) is 18.2 Å². The largest absolute Gasteiger partial charge is 0.493 e. The van der Waals surface area contributed by atoms with Gasteiger partial charge in [0.1, 0.15) is 5.75 Å². The lowest BCUT2D eigenvalue weighted by atomic mass is 9.97. The number of hydrogen-bond donors (Lipinski definition) is 1. The van der Waals surface area contributed by atoms with Gasteiger partial charge in [0.2, 0.25) is 0 Å². The third-order valence-electron chi connectivity index (χ3n) is 2.79. The Morgan fingerprint density at radius 3 is 2.47 bits per heavy atom. The highest BCUT2D eigenvalue weighted by Gasteiger charge is 2.12. The van der Waals surface area contributed by atoms with Gasteiger partial charge in [-0.1, -0.05) is 32.0 Å². The van der Waals surface area contributed by atoms with Crippen LogP contribution in [0.4, 0.5) is 0 Å². The van der Waals surface area contributed by atoms with Crippen LogP contribution in [0, 0.1) is 18.8 Å². The lowest BCUT2D eigenvalue weighted by molar-refractivity contribution is 0.213. The van der Waals surface area contributed by atoms with Crippen LogP contribution >= 0.6 is 0 Å². The van der Waals surface area contributed by atoms with Crippen molar-refractivity contribution < 1.29 is 4.74 Å². The first-order chi connectivity index (χ1) is 7.15. The fourth-order valence-electron chi connectivity index (χ4n) is 1.45. The molecule has 0 aromatic heterocycles. The number of aryl methyl sites for hydroxylation is 1. The molecule has 0 amide bonds. The number of nitrogens with two attached hydrogens (primary N) is 1. The molecule has 2 N–H and O–H groups in total. The predicted molar refractivity (Wildman–Crippen MR) is 64.1 cm³/mol. The monoisotopic (exact) mass is 207 g/mol. The minimum atomic E-state index is 0.435. The van der Waals surface area contributed by atoms with Crippen molar-refractivity contribution in [1.29, 1.82) is 0 Å². The van der Waals surface area contributed by atoms with Crippen molar-refractivity contribution in [2.75, 3.05) is 13.2 Å². The van der Waals surface area contributed by atoms with Gasteiger partial charge in [-0.05, 0) is 31.0 Å². The molecular weight excluding hydrogens is 186 g/mol. The molecule has 1 atom stereocenters. The van der Waals surface area contributed by atoms with Crippen LogP contribution in [-0.4, -0.2) is 13.2 Å². The van der Waals surface area contributed by atoms with E-state index < -0.39 is 0 Å². The van der Waals surface area contributed by atoms with Gasteiger partial charge in [0.25, 0.3) is 0 Å². The van der Waals surface area contributed by atoms with Gasteiger partial charge in [0, 0.05) is 5.92 Å². The van der Waals surface area contributed by atoms with Gasteiger partial charge >= 0.3 is 0 Å². The molecule has 0 heterocycles. The van der Waals surface area contributed by atoms with Crippen molar-refractivity contribution in [2.24, 2.45) is 17.6 Å². The fraction of sp³-hybridized carbons (Fsp3) is 0.538. The van der Waals surface area contributed by atoms with Crippen LogP contribution in [0.5, 0.6) is 5.75 Å². The average molecular weight is 207 g/mol. The Morgan fingerprint density at radius 2 is 1.93 bits per heavy atom. The maximum absolute atomic E-state index is 5.77. The molecule has 1 aromatic carbocycles. The van der Waals surface area contributed by atoms with Gasteiger partial charge in [0.15, 0.2) is 0 Å². The first-order valence-corrected chi connectivity index (χ1v) is 5.53. The lowest BCUT2D eigenvalue weighted by Crippen LogP contribution is -2.26. The maximum Gasteiger partial charge on any atom is 0.122 e. The smallest absolute Gasteiger partial charge is 0.122 e. The summed E-state index contributed by atoms with van der Waals surface area (Å²) >= 11 is 0. The highest BCUT2D eigenvalue weighted by molar-refractivity contribution is 5.31. The Bertz CT molecular complexity index is 296. The van der Waals surface area contributed by atoms with Crippen molar-refractivity contribution in [3.05, 3.63) is 29.8 Å². The zero-order chi connectivity index (χ0) is 11.3. The zero-order valence-corrected chi connectivity index (χ0v) is 9.86. The second kappa shape index (κ2) is 5.76. The van der Waals surface area contributed by atoms with E-state index in [2.05, 4.69) is 26.8 Å². The second-order valence-corrected chi connectivity index (χ2v) is 4.32. The fourth-order valence-corrected chi connectivity index (χ4v) is 1.45. The summed E-state index contributed by atoms with van der Waals surface area (Å²) in [7, 11) is 0. The highest BCUT2D eigenvalue weighted by atomic mass is 16.5. The molecule has 0 bridgehead atoms. The summed E-state index contributed by atoms with van der Waals surface area (Å²) in [5.74, 6) is 1.97. The lowest BCUT2D eigenvalue weighted by Gasteiger charge is -2.19. The summed E-state index contributed by atoms with van der Waals surface area (Å²) in [5.41, 5.74) is 6.87. The summed E-state index contributed by atoms with van der Waals surface area (Å²) in [5, 5.41) is 0. The van der Waals surface area contributed by atoms with Gasteiger partial charge in [-0.15, -0.1) is 0 Å². The number of para-hydroxylation sites is 1. The number of hydrogen-bond acceptors (Lipinski definition) is 2. The zero-order valence-electron chi connectivity index (χ0n) is 9.86. The van der Waals surface area contributed by atoms with Gasteiger partial charge in [-0.2, -0.15) is 0 Å². The first-order valence-electron chi connectivity index (χ1n) is 5.53. The minimum Gasteiger partial charge on any atom is -0.493 e. The van der Waals surface area contributed by atoms with Crippen LogP contribution in [-0.2, 0) is 0 Å². The summed E-state index contributed by atoms with van der Waals surface area (Å²) in [6, 6.07) is 8.08. The Kier molecular flexibility index (Phi) is 4.63. The van der Waals surface area contributed by atoms with Crippen molar-refractivity contribution in [3.63, 3.8) is 0 Å². The van der Waals surface area contributed by atoms with Crippen LogP contribution in [0.3, 0.4) is 0 Å². The summed E-state index contributed by atoms with van der Waals surface area (Å²) in [4.78, 5) is 0. The van der Waals surface area contributed by atoms with E-state index in [1.54, 1.807) is 0 Å². The third kappa shape index (κ3) is 3.56. The van der Waals surface area contributed by atoms with Gasteiger partial charge in [-0.3, -0.25) is 0 Å². The molecule has 0 spiro atoms. The van der Waals surface area contributed by atoms with Crippen LogP contribution in [0.1, 0.15) is 19.4 Å². The molecule has 0 saturated carbocycles. The van der Waals surface area contributed by atoms with Crippen LogP contribution in [0.2, 0.25) is 0 Å². The Morgan fingerprint density at radius 1 is 1.27 bits per heavy atom. The number of rotatable bonds is 5. The molecule has 0 saturated heterocycles. The second-order valence-electron chi connectivity index (χ2n) is 4.32. The summed E-state index contributed by atoms with van der Waals surface area (Å²) < 4.78 is 5.77. The molecule has 84 valence electrons. The van der Waals surface area contributed by atoms with Crippen LogP contribution in [0.25, 0.3) is 0 Å². The molecule has 0 fully saturated rings. The van der Waals surface area contributed by atoms with E-state index in [-0.39, 0.29) is 0 Å². The molecule has 2 nitrogen and oxygen atoms in total. The summed E-state index contributed by atoms with van der Waals surface area (Å²) in [6.07, 6.45) is 0. The molecule has 15 heavy (non-hydrogen) atoms. The van der Waals surface area contributed by atoms with Gasteiger partial charge < -0.3 is 10.5 Å². The topological polar surface area (TPSA) is 35.2 Å². The quantitative estimate of drug-likeness (QED) is 0.805. The predicted octanol–water partition coefficient (Wildman–Crippen LogP) is 2.60. The SMILES string of the molecule is Cc1ccccc1OCC(CN)C(C)C. The van der Waals surface area contributed by atoms with E-state index in [9.17, 15) is 0 Å². The molecule has 2 heteroatoms. The van der Waals surface area contributed by atoms with Crippen molar-refractivity contribution in [3.8, 4) is 5.75 Å². The van der Waals surface area contributed by atoms with E-state index in [0.717, 1.165) is 5.75 Å². The standard InChI is InChI=1S/C13H21NO/c1-10(2)12(8-14)9-15-13-7-5-4-6-11(13)3/h4-7,10,12H,8-9,14H2,1-3H3. The molecule has 1 unspecified atom stereocenters. The van der Waals surface area contributed by atoms with E-state index >= 15 is 0 Å². The average Bonchev–Trinajstić information content (AvgIpc) is 2.21. The number of benzene rings is 1. The normalized spacial score (nSPS) is 12.9. The van der Waals surface area contributed by atoms with Crippen LogP contribution < -0.4 is 10.5 Å². The van der Waals surface area contributed by atoms with Crippen molar-refractivity contribution in [1.82, 2.24) is 0 Å². The highest BCUT2D eigenvalue weighted by Crippen LogP contribution is 2.18. The molecule has 0 aliphatic heterocycles. The van der Waals surface area contributed by atoms with E-state index in [1.165, 1.54) is 5.56 Å².